The molecular formula is C24H30N2O3S. The van der Waals surface area contributed by atoms with Crippen LogP contribution in [0.25, 0.3) is 0 Å². The van der Waals surface area contributed by atoms with Gasteiger partial charge in [0.25, 0.3) is 10.0 Å². The summed E-state index contributed by atoms with van der Waals surface area (Å²) in [5.41, 5.74) is 3.43. The average Bonchev–Trinajstić information content (AvgIpc) is 3.28. The van der Waals surface area contributed by atoms with Crippen molar-refractivity contribution >= 4 is 21.6 Å². The van der Waals surface area contributed by atoms with Gasteiger partial charge in [-0.25, -0.2) is 8.42 Å². The first kappa shape index (κ1) is 20.9. The molecule has 2 aromatic rings. The summed E-state index contributed by atoms with van der Waals surface area (Å²) in [6.07, 6.45) is 4.63. The molecular weight excluding hydrogens is 396 g/mol. The molecule has 0 heterocycles. The van der Waals surface area contributed by atoms with Crippen LogP contribution in [0.3, 0.4) is 0 Å². The Morgan fingerprint density at radius 1 is 0.967 bits per heavy atom. The number of nitrogens with one attached hydrogen (secondary N) is 1. The van der Waals surface area contributed by atoms with Gasteiger partial charge in [-0.2, -0.15) is 0 Å². The summed E-state index contributed by atoms with van der Waals surface area (Å²) in [6, 6.07) is 12.6. The van der Waals surface area contributed by atoms with E-state index in [1.807, 2.05) is 39.0 Å². The molecule has 0 spiro atoms. The van der Waals surface area contributed by atoms with E-state index in [0.717, 1.165) is 29.5 Å². The van der Waals surface area contributed by atoms with Crippen molar-refractivity contribution in [1.29, 1.82) is 0 Å². The first-order chi connectivity index (χ1) is 14.2. The zero-order chi connectivity index (χ0) is 21.5. The molecule has 0 saturated heterocycles. The van der Waals surface area contributed by atoms with Gasteiger partial charge in [0.05, 0.1) is 10.6 Å². The van der Waals surface area contributed by atoms with Crippen molar-refractivity contribution in [2.24, 2.45) is 11.8 Å². The number of benzene rings is 2. The summed E-state index contributed by atoms with van der Waals surface area (Å²) in [4.78, 5) is 13.1. The Balaban J connectivity index is 1.63. The molecule has 1 amide bonds. The molecule has 0 aliphatic heterocycles. The number of hydrogen-bond acceptors (Lipinski definition) is 3. The summed E-state index contributed by atoms with van der Waals surface area (Å²) in [5, 5.41) is 3.13. The van der Waals surface area contributed by atoms with Gasteiger partial charge < -0.3 is 5.32 Å². The third-order valence-electron chi connectivity index (χ3n) is 6.48. The summed E-state index contributed by atoms with van der Waals surface area (Å²) < 4.78 is 28.3. The second-order valence-corrected chi connectivity index (χ2v) is 10.9. The van der Waals surface area contributed by atoms with E-state index in [1.54, 1.807) is 24.3 Å². The zero-order valence-electron chi connectivity index (χ0n) is 17.9. The van der Waals surface area contributed by atoms with Crippen molar-refractivity contribution in [3.8, 4) is 0 Å². The lowest BCUT2D eigenvalue weighted by Crippen LogP contribution is -2.46. The van der Waals surface area contributed by atoms with Gasteiger partial charge in [-0.1, -0.05) is 30.2 Å². The fourth-order valence-electron chi connectivity index (χ4n) is 5.05. The number of carbonyl (C=O) groups is 1. The van der Waals surface area contributed by atoms with E-state index >= 15 is 0 Å². The molecule has 160 valence electrons. The number of anilines is 1. The van der Waals surface area contributed by atoms with Crippen molar-refractivity contribution in [3.63, 3.8) is 0 Å². The molecule has 2 saturated carbocycles. The van der Waals surface area contributed by atoms with E-state index in [0.29, 0.717) is 17.5 Å². The fourth-order valence-corrected chi connectivity index (χ4v) is 6.46. The average molecular weight is 427 g/mol. The van der Waals surface area contributed by atoms with Gasteiger partial charge in [-0.15, -0.1) is 0 Å². The number of hydrogen-bond donors (Lipinski definition) is 1. The largest absolute Gasteiger partial charge is 0.352 e. The minimum absolute atomic E-state index is 0.180. The van der Waals surface area contributed by atoms with Crippen LogP contribution >= 0.6 is 0 Å². The Kier molecular flexibility index (Phi) is 5.62. The third-order valence-corrected chi connectivity index (χ3v) is 8.26. The summed E-state index contributed by atoms with van der Waals surface area (Å²) >= 11 is 0. The molecule has 0 unspecified atom stereocenters. The predicted molar refractivity (Wildman–Crippen MR) is 119 cm³/mol. The van der Waals surface area contributed by atoms with Crippen LogP contribution in [0.1, 0.15) is 42.4 Å². The first-order valence-electron chi connectivity index (χ1n) is 10.7. The Hall–Kier alpha value is -2.34. The lowest BCUT2D eigenvalue weighted by atomic mass is 9.95. The van der Waals surface area contributed by atoms with Crippen molar-refractivity contribution in [3.05, 3.63) is 59.2 Å². The van der Waals surface area contributed by atoms with Crippen molar-refractivity contribution < 1.29 is 13.2 Å². The predicted octanol–water partition coefficient (Wildman–Crippen LogP) is 4.11. The number of nitrogens with zero attached hydrogens (tertiary/aromatic N) is 1. The summed E-state index contributed by atoms with van der Waals surface area (Å²) in [7, 11) is -3.87. The van der Waals surface area contributed by atoms with Gasteiger partial charge in [0, 0.05) is 6.04 Å². The van der Waals surface area contributed by atoms with E-state index in [9.17, 15) is 13.2 Å². The molecule has 1 N–H and O–H groups in total. The van der Waals surface area contributed by atoms with Crippen LogP contribution in [0.4, 0.5) is 5.69 Å². The molecule has 0 aromatic heterocycles. The quantitative estimate of drug-likeness (QED) is 0.756. The first-order valence-corrected chi connectivity index (χ1v) is 12.1. The number of fused-ring (bicyclic) bond motifs is 2. The van der Waals surface area contributed by atoms with Crippen LogP contribution in [0.2, 0.25) is 0 Å². The Labute approximate surface area is 179 Å². The molecule has 2 aromatic carbocycles. The highest BCUT2D eigenvalue weighted by atomic mass is 32.2. The lowest BCUT2D eigenvalue weighted by Gasteiger charge is -2.27. The Bertz CT molecular complexity index is 1030. The lowest BCUT2D eigenvalue weighted by molar-refractivity contribution is -0.120. The number of aryl methyl sites for hydroxylation is 3. The van der Waals surface area contributed by atoms with Crippen LogP contribution < -0.4 is 9.62 Å². The summed E-state index contributed by atoms with van der Waals surface area (Å²) in [6.45, 7) is 5.57. The molecule has 2 aliphatic carbocycles. The van der Waals surface area contributed by atoms with Gasteiger partial charge in [0.1, 0.15) is 6.54 Å². The molecule has 2 fully saturated rings. The van der Waals surface area contributed by atoms with Crippen molar-refractivity contribution in [1.82, 2.24) is 5.32 Å². The SMILES string of the molecule is Cc1ccc(S(=O)(=O)N(CC(=O)N[C@@H]2C[C@H]3CC[C@@H]2C3)c2cc(C)cc(C)c2)cc1. The highest BCUT2D eigenvalue weighted by Gasteiger charge is 2.40. The Morgan fingerprint density at radius 3 is 2.20 bits per heavy atom. The van der Waals surface area contributed by atoms with Crippen molar-refractivity contribution in [2.75, 3.05) is 10.8 Å². The summed E-state index contributed by atoms with van der Waals surface area (Å²) in [5.74, 6) is 1.02. The van der Waals surface area contributed by atoms with E-state index in [1.165, 1.54) is 17.1 Å². The molecule has 4 rings (SSSR count). The van der Waals surface area contributed by atoms with Gasteiger partial charge in [0.15, 0.2) is 0 Å². The normalized spacial score (nSPS) is 22.8. The topological polar surface area (TPSA) is 66.5 Å². The minimum atomic E-state index is -3.87. The zero-order valence-corrected chi connectivity index (χ0v) is 18.7. The van der Waals surface area contributed by atoms with Crippen LogP contribution in [-0.2, 0) is 14.8 Å². The third kappa shape index (κ3) is 4.24. The number of carbonyl (C=O) groups excluding carboxylic acids is 1. The van der Waals surface area contributed by atoms with Gasteiger partial charge >= 0.3 is 0 Å². The molecule has 2 aliphatic rings. The van der Waals surface area contributed by atoms with E-state index < -0.39 is 10.0 Å². The maximum absolute atomic E-state index is 13.5. The molecule has 30 heavy (non-hydrogen) atoms. The molecule has 2 bridgehead atoms. The highest BCUT2D eigenvalue weighted by Crippen LogP contribution is 2.44. The number of sulfonamides is 1. The van der Waals surface area contributed by atoms with Gasteiger partial charge in [-0.05, 0) is 87.3 Å². The van der Waals surface area contributed by atoms with Crippen LogP contribution in [0.15, 0.2) is 47.4 Å². The van der Waals surface area contributed by atoms with Gasteiger partial charge in [0.2, 0.25) is 5.91 Å². The second kappa shape index (κ2) is 8.06. The maximum atomic E-state index is 13.5. The van der Waals surface area contributed by atoms with E-state index in [4.69, 9.17) is 0 Å². The van der Waals surface area contributed by atoms with Crippen LogP contribution in [-0.4, -0.2) is 26.9 Å². The minimum Gasteiger partial charge on any atom is -0.352 e. The molecule has 6 heteroatoms. The van der Waals surface area contributed by atoms with Crippen LogP contribution in [0, 0.1) is 32.6 Å². The highest BCUT2D eigenvalue weighted by molar-refractivity contribution is 7.92. The number of rotatable bonds is 6. The standard InChI is InChI=1S/C24H30N2O3S/c1-16-4-8-22(9-5-16)30(28,29)26(21-11-17(2)10-18(3)12-21)15-24(27)25-23-14-19-6-7-20(23)13-19/h4-5,8-12,19-20,23H,6-7,13-15H2,1-3H3,(H,25,27)/t19-,20+,23+/m0/s1. The van der Waals surface area contributed by atoms with Crippen LogP contribution in [0.5, 0.6) is 0 Å². The molecule has 0 radical (unpaired) electrons. The number of amides is 1. The van der Waals surface area contributed by atoms with E-state index in [2.05, 4.69) is 5.32 Å². The second-order valence-electron chi connectivity index (χ2n) is 9.02. The monoisotopic (exact) mass is 426 g/mol. The fraction of sp³-hybridized carbons (Fsp3) is 0.458. The molecule has 3 atom stereocenters. The van der Waals surface area contributed by atoms with Crippen molar-refractivity contribution in [2.45, 2.75) is 57.4 Å². The maximum Gasteiger partial charge on any atom is 0.264 e. The van der Waals surface area contributed by atoms with Gasteiger partial charge in [-0.3, -0.25) is 9.10 Å². The molecule has 5 nitrogen and oxygen atoms in total. The van der Waals surface area contributed by atoms with E-state index in [-0.39, 0.29) is 23.4 Å². The smallest absolute Gasteiger partial charge is 0.264 e. The Morgan fingerprint density at radius 2 is 1.63 bits per heavy atom.